The minimum atomic E-state index is -3.61. The monoisotopic (exact) mass is 325 g/mol. The third-order valence-electron chi connectivity index (χ3n) is 4.44. The molecule has 1 heterocycles. The molecule has 1 aliphatic heterocycles. The normalized spacial score (nSPS) is 16.0. The summed E-state index contributed by atoms with van der Waals surface area (Å²) in [6.07, 6.45) is 2.12. The fourth-order valence-electron chi connectivity index (χ4n) is 3.02. The lowest BCUT2D eigenvalue weighted by atomic mass is 10.00. The van der Waals surface area contributed by atoms with Crippen molar-refractivity contribution in [3.8, 4) is 0 Å². The summed E-state index contributed by atoms with van der Waals surface area (Å²) in [4.78, 5) is 5.05. The van der Waals surface area contributed by atoms with Gasteiger partial charge in [0.2, 0.25) is 10.0 Å². The molecule has 0 atom stereocenters. The Balaban J connectivity index is 1.95. The maximum absolute atomic E-state index is 11.5. The number of sulfonamides is 1. The summed E-state index contributed by atoms with van der Waals surface area (Å²) in [6, 6.07) is 5.26. The van der Waals surface area contributed by atoms with E-state index in [2.05, 4.69) is 23.6 Å². The van der Waals surface area contributed by atoms with Crippen molar-refractivity contribution in [1.29, 1.82) is 0 Å². The van der Waals surface area contributed by atoms with Crippen molar-refractivity contribution < 1.29 is 8.42 Å². The molecule has 6 heteroatoms. The molecule has 0 saturated carbocycles. The summed E-state index contributed by atoms with van der Waals surface area (Å²) in [5.41, 5.74) is 2.34. The van der Waals surface area contributed by atoms with Gasteiger partial charge in [-0.15, -0.1) is 0 Å². The lowest BCUT2D eigenvalue weighted by Gasteiger charge is -2.29. The Morgan fingerprint density at radius 3 is 2.59 bits per heavy atom. The average Bonchev–Trinajstić information content (AvgIpc) is 2.50. The molecule has 22 heavy (non-hydrogen) atoms. The van der Waals surface area contributed by atoms with Crippen molar-refractivity contribution >= 4 is 10.0 Å². The first-order chi connectivity index (χ1) is 10.4. The highest BCUT2D eigenvalue weighted by Crippen LogP contribution is 2.22. The second-order valence-corrected chi connectivity index (χ2v) is 7.44. The predicted molar refractivity (Wildman–Crippen MR) is 89.2 cm³/mol. The molecule has 2 N–H and O–H groups in total. The summed E-state index contributed by atoms with van der Waals surface area (Å²) in [6.45, 7) is 10.6. The van der Waals surface area contributed by atoms with E-state index in [1.54, 1.807) is 12.1 Å². The highest BCUT2D eigenvalue weighted by atomic mass is 32.2. The van der Waals surface area contributed by atoms with Gasteiger partial charge in [0, 0.05) is 13.1 Å². The first-order valence-electron chi connectivity index (χ1n) is 8.03. The van der Waals surface area contributed by atoms with Crippen LogP contribution in [0.15, 0.2) is 23.1 Å². The number of hydrogen-bond acceptors (Lipinski definition) is 4. The molecule has 0 bridgehead atoms. The van der Waals surface area contributed by atoms with Crippen LogP contribution in [0, 0.1) is 0 Å². The highest BCUT2D eigenvalue weighted by Gasteiger charge is 2.18. The molecule has 124 valence electrons. The number of nitrogens with zero attached hydrogens (tertiary/aromatic N) is 2. The quantitative estimate of drug-likeness (QED) is 0.823. The largest absolute Gasteiger partial charge is 0.304 e. The van der Waals surface area contributed by atoms with Gasteiger partial charge in [0.25, 0.3) is 0 Å². The average molecular weight is 325 g/mol. The number of fused-ring (bicyclic) bond motifs is 1. The van der Waals surface area contributed by atoms with E-state index >= 15 is 0 Å². The molecule has 0 saturated heterocycles. The Hall–Kier alpha value is -0.950. The number of benzene rings is 1. The minimum absolute atomic E-state index is 0.219. The van der Waals surface area contributed by atoms with E-state index in [0.717, 1.165) is 57.7 Å². The molecule has 0 aromatic heterocycles. The molecule has 1 aromatic rings. The van der Waals surface area contributed by atoms with Crippen LogP contribution in [0.2, 0.25) is 0 Å². The van der Waals surface area contributed by atoms with Crippen LogP contribution in [0.4, 0.5) is 0 Å². The van der Waals surface area contributed by atoms with Crippen molar-refractivity contribution in [3.05, 3.63) is 29.3 Å². The summed E-state index contributed by atoms with van der Waals surface area (Å²) in [7, 11) is -3.61. The molecule has 0 fully saturated rings. The zero-order valence-electron chi connectivity index (χ0n) is 13.6. The van der Waals surface area contributed by atoms with E-state index < -0.39 is 10.0 Å². The number of primary sulfonamides is 1. The maximum Gasteiger partial charge on any atom is 0.238 e. The van der Waals surface area contributed by atoms with Crippen molar-refractivity contribution in [2.45, 2.75) is 38.1 Å². The van der Waals surface area contributed by atoms with E-state index in [-0.39, 0.29) is 4.90 Å². The van der Waals surface area contributed by atoms with Crippen LogP contribution in [0.25, 0.3) is 0 Å². The zero-order valence-corrected chi connectivity index (χ0v) is 14.4. The molecule has 0 unspecified atom stereocenters. The van der Waals surface area contributed by atoms with Crippen molar-refractivity contribution in [2.75, 3.05) is 32.7 Å². The molecule has 1 aromatic carbocycles. The molecule has 0 spiro atoms. The van der Waals surface area contributed by atoms with Gasteiger partial charge in [-0.05, 0) is 62.3 Å². The SMILES string of the molecule is CCN(CC)CCCN1CCc2ccc(S(N)(=O)=O)cc2C1. The molecule has 0 radical (unpaired) electrons. The second kappa shape index (κ2) is 7.55. The molecule has 0 aliphatic carbocycles. The number of rotatable bonds is 7. The fourth-order valence-corrected chi connectivity index (χ4v) is 3.58. The molecule has 2 rings (SSSR count). The maximum atomic E-state index is 11.5. The lowest BCUT2D eigenvalue weighted by molar-refractivity contribution is 0.223. The Kier molecular flexibility index (Phi) is 5.97. The lowest BCUT2D eigenvalue weighted by Crippen LogP contribution is -2.34. The van der Waals surface area contributed by atoms with Crippen LogP contribution in [0.1, 0.15) is 31.4 Å². The second-order valence-electron chi connectivity index (χ2n) is 5.88. The van der Waals surface area contributed by atoms with Crippen LogP contribution in [-0.4, -0.2) is 50.9 Å². The zero-order chi connectivity index (χ0) is 16.2. The van der Waals surface area contributed by atoms with Crippen LogP contribution >= 0.6 is 0 Å². The van der Waals surface area contributed by atoms with Crippen LogP contribution < -0.4 is 5.14 Å². The van der Waals surface area contributed by atoms with Gasteiger partial charge < -0.3 is 4.90 Å². The van der Waals surface area contributed by atoms with Gasteiger partial charge >= 0.3 is 0 Å². The molecule has 0 amide bonds. The number of hydrogen-bond donors (Lipinski definition) is 1. The van der Waals surface area contributed by atoms with E-state index in [9.17, 15) is 8.42 Å². The van der Waals surface area contributed by atoms with E-state index in [1.165, 1.54) is 5.56 Å². The smallest absolute Gasteiger partial charge is 0.238 e. The summed E-state index contributed by atoms with van der Waals surface area (Å²) in [5.74, 6) is 0. The minimum Gasteiger partial charge on any atom is -0.304 e. The van der Waals surface area contributed by atoms with Gasteiger partial charge in [-0.2, -0.15) is 0 Å². The van der Waals surface area contributed by atoms with Gasteiger partial charge in [0.15, 0.2) is 0 Å². The summed E-state index contributed by atoms with van der Waals surface area (Å²) >= 11 is 0. The van der Waals surface area contributed by atoms with Crippen molar-refractivity contribution in [3.63, 3.8) is 0 Å². The standard InChI is InChI=1S/C16H27N3O2S/c1-3-18(4-2)9-5-10-19-11-8-14-6-7-16(22(17,20)21)12-15(14)13-19/h6-7,12H,3-5,8-11,13H2,1-2H3,(H2,17,20,21). The Morgan fingerprint density at radius 1 is 1.23 bits per heavy atom. The molecule has 5 nitrogen and oxygen atoms in total. The third-order valence-corrected chi connectivity index (χ3v) is 5.35. The van der Waals surface area contributed by atoms with Gasteiger partial charge in [0.1, 0.15) is 0 Å². The summed E-state index contributed by atoms with van der Waals surface area (Å²) in [5, 5.41) is 5.22. The van der Waals surface area contributed by atoms with Gasteiger partial charge in [-0.25, -0.2) is 13.6 Å². The molecular formula is C16H27N3O2S. The Bertz CT molecular complexity index is 597. The first kappa shape index (κ1) is 17.4. The van der Waals surface area contributed by atoms with E-state index in [1.807, 2.05) is 6.07 Å². The third kappa shape index (κ3) is 4.52. The predicted octanol–water partition coefficient (Wildman–Crippen LogP) is 1.42. The van der Waals surface area contributed by atoms with E-state index in [0.29, 0.717) is 0 Å². The van der Waals surface area contributed by atoms with E-state index in [4.69, 9.17) is 5.14 Å². The van der Waals surface area contributed by atoms with Crippen LogP contribution in [0.3, 0.4) is 0 Å². The first-order valence-corrected chi connectivity index (χ1v) is 9.58. The highest BCUT2D eigenvalue weighted by molar-refractivity contribution is 7.89. The Morgan fingerprint density at radius 2 is 1.95 bits per heavy atom. The topological polar surface area (TPSA) is 66.6 Å². The van der Waals surface area contributed by atoms with Crippen LogP contribution in [-0.2, 0) is 23.0 Å². The molecule has 1 aliphatic rings. The number of nitrogens with two attached hydrogens (primary N) is 1. The van der Waals surface area contributed by atoms with Crippen LogP contribution in [0.5, 0.6) is 0 Å². The van der Waals surface area contributed by atoms with Gasteiger partial charge in [-0.3, -0.25) is 4.90 Å². The summed E-state index contributed by atoms with van der Waals surface area (Å²) < 4.78 is 22.9. The van der Waals surface area contributed by atoms with Gasteiger partial charge in [0.05, 0.1) is 4.90 Å². The Labute approximate surface area is 134 Å². The molecular weight excluding hydrogens is 298 g/mol. The van der Waals surface area contributed by atoms with Crippen molar-refractivity contribution in [2.24, 2.45) is 5.14 Å². The fraction of sp³-hybridized carbons (Fsp3) is 0.625. The van der Waals surface area contributed by atoms with Gasteiger partial charge in [-0.1, -0.05) is 19.9 Å². The van der Waals surface area contributed by atoms with Crippen molar-refractivity contribution in [1.82, 2.24) is 9.80 Å².